The number of nitrogens with one attached hydrogen (secondary N) is 1. The first-order chi connectivity index (χ1) is 7.13. The Morgan fingerprint density at radius 1 is 1.60 bits per heavy atom. The summed E-state index contributed by atoms with van der Waals surface area (Å²) in [6.45, 7) is 3.82. The number of aromatic nitrogens is 1. The second-order valence-corrected chi connectivity index (χ2v) is 3.92. The number of pyridine rings is 1. The van der Waals surface area contributed by atoms with E-state index in [1.165, 1.54) is 0 Å². The maximum atomic E-state index is 11.6. The van der Waals surface area contributed by atoms with Crippen molar-refractivity contribution in [3.05, 3.63) is 29.6 Å². The SMILES string of the molecule is Cc1ccc(C(=O)NC(C)CCCl)cn1. The molecule has 1 rings (SSSR count). The van der Waals surface area contributed by atoms with Gasteiger partial charge in [0.1, 0.15) is 0 Å². The van der Waals surface area contributed by atoms with Gasteiger partial charge >= 0.3 is 0 Å². The van der Waals surface area contributed by atoms with Crippen LogP contribution in [0.15, 0.2) is 18.3 Å². The summed E-state index contributed by atoms with van der Waals surface area (Å²) >= 11 is 5.58. The zero-order valence-corrected chi connectivity index (χ0v) is 9.71. The largest absolute Gasteiger partial charge is 0.349 e. The second-order valence-electron chi connectivity index (χ2n) is 3.54. The van der Waals surface area contributed by atoms with Crippen LogP contribution in [0, 0.1) is 6.92 Å². The van der Waals surface area contributed by atoms with Crippen LogP contribution in [0.1, 0.15) is 29.4 Å². The molecule has 1 amide bonds. The Morgan fingerprint density at radius 3 is 2.87 bits per heavy atom. The molecular formula is C11H15ClN2O. The van der Waals surface area contributed by atoms with E-state index in [4.69, 9.17) is 11.6 Å². The van der Waals surface area contributed by atoms with Crippen LogP contribution in [-0.4, -0.2) is 22.8 Å². The number of carbonyl (C=O) groups excluding carboxylic acids is 1. The number of halogens is 1. The lowest BCUT2D eigenvalue weighted by Crippen LogP contribution is -2.32. The molecule has 15 heavy (non-hydrogen) atoms. The van der Waals surface area contributed by atoms with Gasteiger partial charge in [0, 0.05) is 23.8 Å². The summed E-state index contributed by atoms with van der Waals surface area (Å²) in [7, 11) is 0. The zero-order valence-electron chi connectivity index (χ0n) is 8.96. The zero-order chi connectivity index (χ0) is 11.3. The van der Waals surface area contributed by atoms with Gasteiger partial charge in [-0.2, -0.15) is 0 Å². The molecule has 82 valence electrons. The molecule has 1 N–H and O–H groups in total. The number of amides is 1. The summed E-state index contributed by atoms with van der Waals surface area (Å²) in [5, 5.41) is 2.85. The molecule has 0 fully saturated rings. The standard InChI is InChI=1S/C11H15ClN2O/c1-8-3-4-10(7-13-8)11(15)14-9(2)5-6-12/h3-4,7,9H,5-6H2,1-2H3,(H,14,15). The molecule has 0 spiro atoms. The Balaban J connectivity index is 2.57. The molecule has 3 nitrogen and oxygen atoms in total. The fourth-order valence-electron chi connectivity index (χ4n) is 1.15. The lowest BCUT2D eigenvalue weighted by molar-refractivity contribution is 0.0939. The van der Waals surface area contributed by atoms with E-state index in [0.29, 0.717) is 11.4 Å². The van der Waals surface area contributed by atoms with Crippen LogP contribution < -0.4 is 5.32 Å². The van der Waals surface area contributed by atoms with Gasteiger partial charge in [-0.3, -0.25) is 9.78 Å². The van der Waals surface area contributed by atoms with E-state index in [1.807, 2.05) is 19.9 Å². The first-order valence-corrected chi connectivity index (χ1v) is 5.46. The Labute approximate surface area is 94.9 Å². The van der Waals surface area contributed by atoms with Crippen LogP contribution in [0.2, 0.25) is 0 Å². The van der Waals surface area contributed by atoms with Crippen molar-refractivity contribution in [3.8, 4) is 0 Å². The van der Waals surface area contributed by atoms with Crippen LogP contribution >= 0.6 is 11.6 Å². The van der Waals surface area contributed by atoms with Gasteiger partial charge in [-0.1, -0.05) is 0 Å². The third-order valence-corrected chi connectivity index (χ3v) is 2.31. The van der Waals surface area contributed by atoms with Crippen molar-refractivity contribution >= 4 is 17.5 Å². The quantitative estimate of drug-likeness (QED) is 0.800. The first-order valence-electron chi connectivity index (χ1n) is 4.93. The molecule has 4 heteroatoms. The highest BCUT2D eigenvalue weighted by Crippen LogP contribution is 2.01. The summed E-state index contributed by atoms with van der Waals surface area (Å²) in [5.41, 5.74) is 1.49. The van der Waals surface area contributed by atoms with Crippen LogP contribution in [0.25, 0.3) is 0 Å². The number of alkyl halides is 1. The van der Waals surface area contributed by atoms with E-state index in [9.17, 15) is 4.79 Å². The molecule has 0 saturated carbocycles. The molecule has 0 radical (unpaired) electrons. The molecule has 1 atom stereocenters. The summed E-state index contributed by atoms with van der Waals surface area (Å²) in [6.07, 6.45) is 2.35. The van der Waals surface area contributed by atoms with E-state index in [-0.39, 0.29) is 11.9 Å². The number of rotatable bonds is 4. The summed E-state index contributed by atoms with van der Waals surface area (Å²) in [6, 6.07) is 3.68. The minimum atomic E-state index is -0.0971. The highest BCUT2D eigenvalue weighted by Gasteiger charge is 2.08. The maximum absolute atomic E-state index is 11.6. The summed E-state index contributed by atoms with van der Waals surface area (Å²) < 4.78 is 0. The van der Waals surface area contributed by atoms with Gasteiger partial charge in [-0.05, 0) is 32.4 Å². The van der Waals surface area contributed by atoms with Gasteiger partial charge in [0.15, 0.2) is 0 Å². The third kappa shape index (κ3) is 3.88. The summed E-state index contributed by atoms with van der Waals surface area (Å²) in [4.78, 5) is 15.7. The van der Waals surface area contributed by atoms with Gasteiger partial charge in [-0.25, -0.2) is 0 Å². The van der Waals surface area contributed by atoms with Crippen molar-refractivity contribution in [2.75, 3.05) is 5.88 Å². The smallest absolute Gasteiger partial charge is 0.253 e. The maximum Gasteiger partial charge on any atom is 0.253 e. The van der Waals surface area contributed by atoms with Gasteiger partial charge < -0.3 is 5.32 Å². The molecule has 0 aliphatic carbocycles. The lowest BCUT2D eigenvalue weighted by Gasteiger charge is -2.11. The molecule has 1 heterocycles. The van der Waals surface area contributed by atoms with Gasteiger partial charge in [0.05, 0.1) is 5.56 Å². The number of aryl methyl sites for hydroxylation is 1. The minimum absolute atomic E-state index is 0.0938. The fourth-order valence-corrected chi connectivity index (χ4v) is 1.47. The average Bonchev–Trinajstić information content (AvgIpc) is 2.18. The predicted octanol–water partition coefficient (Wildman–Crippen LogP) is 2.14. The van der Waals surface area contributed by atoms with E-state index < -0.39 is 0 Å². The second kappa shape index (κ2) is 5.71. The van der Waals surface area contributed by atoms with Crippen molar-refractivity contribution in [1.82, 2.24) is 10.3 Å². The van der Waals surface area contributed by atoms with Gasteiger partial charge in [0.25, 0.3) is 5.91 Å². The number of carbonyl (C=O) groups is 1. The average molecular weight is 227 g/mol. The highest BCUT2D eigenvalue weighted by atomic mass is 35.5. The minimum Gasteiger partial charge on any atom is -0.349 e. The molecule has 1 aromatic heterocycles. The number of hydrogen-bond acceptors (Lipinski definition) is 2. The topological polar surface area (TPSA) is 42.0 Å². The van der Waals surface area contributed by atoms with Gasteiger partial charge in [0.2, 0.25) is 0 Å². The van der Waals surface area contributed by atoms with Crippen molar-refractivity contribution in [1.29, 1.82) is 0 Å². The lowest BCUT2D eigenvalue weighted by atomic mass is 10.2. The van der Waals surface area contributed by atoms with Gasteiger partial charge in [-0.15, -0.1) is 11.6 Å². The van der Waals surface area contributed by atoms with E-state index >= 15 is 0 Å². The number of hydrogen-bond donors (Lipinski definition) is 1. The molecule has 0 aliphatic heterocycles. The van der Waals surface area contributed by atoms with Crippen molar-refractivity contribution in [2.45, 2.75) is 26.3 Å². The molecule has 0 aromatic carbocycles. The predicted molar refractivity (Wildman–Crippen MR) is 61.2 cm³/mol. The van der Waals surface area contributed by atoms with Crippen molar-refractivity contribution in [3.63, 3.8) is 0 Å². The Hall–Kier alpha value is -1.09. The van der Waals surface area contributed by atoms with Crippen LogP contribution in [0.4, 0.5) is 0 Å². The normalized spacial score (nSPS) is 12.2. The van der Waals surface area contributed by atoms with E-state index in [0.717, 1.165) is 12.1 Å². The van der Waals surface area contributed by atoms with E-state index in [1.54, 1.807) is 12.3 Å². The molecule has 0 aliphatic rings. The van der Waals surface area contributed by atoms with Crippen LogP contribution in [0.5, 0.6) is 0 Å². The third-order valence-electron chi connectivity index (χ3n) is 2.09. The summed E-state index contributed by atoms with van der Waals surface area (Å²) in [5.74, 6) is 0.452. The molecular weight excluding hydrogens is 212 g/mol. The first kappa shape index (κ1) is 12.0. The fraction of sp³-hybridized carbons (Fsp3) is 0.455. The van der Waals surface area contributed by atoms with Crippen LogP contribution in [-0.2, 0) is 0 Å². The van der Waals surface area contributed by atoms with Crippen molar-refractivity contribution in [2.24, 2.45) is 0 Å². The monoisotopic (exact) mass is 226 g/mol. The molecule has 0 bridgehead atoms. The Morgan fingerprint density at radius 2 is 2.33 bits per heavy atom. The van der Waals surface area contributed by atoms with Crippen LogP contribution in [0.3, 0.4) is 0 Å². The number of nitrogens with zero attached hydrogens (tertiary/aromatic N) is 1. The molecule has 1 unspecified atom stereocenters. The molecule has 1 aromatic rings. The Kier molecular flexibility index (Phi) is 4.56. The highest BCUT2D eigenvalue weighted by molar-refractivity contribution is 6.17. The van der Waals surface area contributed by atoms with Crippen molar-refractivity contribution < 1.29 is 4.79 Å². The Bertz CT molecular complexity index is 324. The van der Waals surface area contributed by atoms with E-state index in [2.05, 4.69) is 10.3 Å². The molecule has 0 saturated heterocycles.